The topological polar surface area (TPSA) is 80.9 Å². The second-order valence-corrected chi connectivity index (χ2v) is 7.95. The maximum atomic E-state index is 13.5. The van der Waals surface area contributed by atoms with Gasteiger partial charge in [-0.2, -0.15) is 0 Å². The van der Waals surface area contributed by atoms with Gasteiger partial charge in [0, 0.05) is 0 Å². The standard InChI is InChI=1S/C23H19FN2O4S/c1-3-30-22(29)19-13(2)25-23-26(20(19)15-6-8-16(24)9-7-15)21(28)18(31-23)12-14-4-10-17(27)11-5-14/h4-12,20,27H,3H2,1-2H3/t20-/m1/s1. The number of carbonyl (C=O) groups excluding carboxylic acids is 1. The molecule has 2 aromatic carbocycles. The lowest BCUT2D eigenvalue weighted by Gasteiger charge is -2.24. The molecule has 158 valence electrons. The summed E-state index contributed by atoms with van der Waals surface area (Å²) in [4.78, 5) is 31.0. The van der Waals surface area contributed by atoms with Gasteiger partial charge in [0.2, 0.25) is 0 Å². The summed E-state index contributed by atoms with van der Waals surface area (Å²) in [5.74, 6) is -0.850. The van der Waals surface area contributed by atoms with E-state index < -0.39 is 17.8 Å². The highest BCUT2D eigenvalue weighted by atomic mass is 32.1. The number of thiazole rings is 1. The monoisotopic (exact) mass is 438 g/mol. The van der Waals surface area contributed by atoms with Crippen molar-refractivity contribution in [1.29, 1.82) is 0 Å². The van der Waals surface area contributed by atoms with Gasteiger partial charge in [0.1, 0.15) is 11.6 Å². The van der Waals surface area contributed by atoms with Crippen LogP contribution in [0.2, 0.25) is 0 Å². The number of hydrogen-bond donors (Lipinski definition) is 1. The van der Waals surface area contributed by atoms with Crippen LogP contribution in [-0.2, 0) is 9.53 Å². The fourth-order valence-electron chi connectivity index (χ4n) is 3.47. The van der Waals surface area contributed by atoms with Crippen molar-refractivity contribution in [3.8, 4) is 5.75 Å². The van der Waals surface area contributed by atoms with E-state index in [1.54, 1.807) is 44.2 Å². The zero-order chi connectivity index (χ0) is 22.1. The molecule has 1 aliphatic rings. The largest absolute Gasteiger partial charge is 0.508 e. The zero-order valence-electron chi connectivity index (χ0n) is 16.8. The van der Waals surface area contributed by atoms with Gasteiger partial charge in [0.15, 0.2) is 4.80 Å². The summed E-state index contributed by atoms with van der Waals surface area (Å²) in [5, 5.41) is 9.48. The van der Waals surface area contributed by atoms with Crippen molar-refractivity contribution in [1.82, 2.24) is 4.57 Å². The number of nitrogens with zero attached hydrogens (tertiary/aromatic N) is 2. The molecule has 0 radical (unpaired) electrons. The predicted molar refractivity (Wildman–Crippen MR) is 115 cm³/mol. The second-order valence-electron chi connectivity index (χ2n) is 6.95. The van der Waals surface area contributed by atoms with E-state index >= 15 is 0 Å². The number of aromatic hydroxyl groups is 1. The number of benzene rings is 2. The Morgan fingerprint density at radius 2 is 1.90 bits per heavy atom. The normalized spacial score (nSPS) is 16.1. The van der Waals surface area contributed by atoms with E-state index in [9.17, 15) is 19.1 Å². The molecule has 0 aliphatic carbocycles. The first-order valence-corrected chi connectivity index (χ1v) is 10.4. The van der Waals surface area contributed by atoms with Crippen LogP contribution in [0.1, 0.15) is 31.0 Å². The number of hydrogen-bond acceptors (Lipinski definition) is 6. The van der Waals surface area contributed by atoms with Gasteiger partial charge in [-0.15, -0.1) is 0 Å². The first kappa shape index (κ1) is 20.7. The highest BCUT2D eigenvalue weighted by Crippen LogP contribution is 2.30. The summed E-state index contributed by atoms with van der Waals surface area (Å²) < 4.78 is 20.6. The van der Waals surface area contributed by atoms with Gasteiger partial charge in [0.25, 0.3) is 5.56 Å². The van der Waals surface area contributed by atoms with E-state index in [4.69, 9.17) is 4.74 Å². The van der Waals surface area contributed by atoms with Gasteiger partial charge in [-0.05, 0) is 55.3 Å². The molecule has 0 spiro atoms. The molecule has 1 aromatic heterocycles. The van der Waals surface area contributed by atoms with E-state index in [2.05, 4.69) is 4.99 Å². The number of carbonyl (C=O) groups is 1. The number of esters is 1. The fourth-order valence-corrected chi connectivity index (χ4v) is 4.52. The van der Waals surface area contributed by atoms with Crippen LogP contribution in [-0.4, -0.2) is 22.2 Å². The average molecular weight is 438 g/mol. The maximum Gasteiger partial charge on any atom is 0.338 e. The molecular formula is C23H19FN2O4S. The Labute approximate surface area is 180 Å². The minimum Gasteiger partial charge on any atom is -0.508 e. The maximum absolute atomic E-state index is 13.5. The van der Waals surface area contributed by atoms with Crippen molar-refractivity contribution in [2.24, 2.45) is 4.99 Å². The van der Waals surface area contributed by atoms with Crippen LogP contribution in [0.3, 0.4) is 0 Å². The Bertz CT molecular complexity index is 1350. The number of phenolic OH excluding ortho intramolecular Hbond substituents is 1. The van der Waals surface area contributed by atoms with Crippen molar-refractivity contribution < 1.29 is 19.0 Å². The molecule has 4 rings (SSSR count). The third kappa shape index (κ3) is 3.94. The number of ether oxygens (including phenoxy) is 1. The summed E-state index contributed by atoms with van der Waals surface area (Å²) in [6, 6.07) is 11.4. The molecule has 0 saturated carbocycles. The van der Waals surface area contributed by atoms with Crippen LogP contribution in [0.4, 0.5) is 4.39 Å². The molecule has 8 heteroatoms. The van der Waals surface area contributed by atoms with Gasteiger partial charge >= 0.3 is 5.97 Å². The fraction of sp³-hybridized carbons (Fsp3) is 0.174. The molecule has 6 nitrogen and oxygen atoms in total. The van der Waals surface area contributed by atoms with Gasteiger partial charge in [-0.1, -0.05) is 35.6 Å². The van der Waals surface area contributed by atoms with Crippen LogP contribution in [0.25, 0.3) is 6.08 Å². The lowest BCUT2D eigenvalue weighted by molar-refractivity contribution is -0.139. The minimum absolute atomic E-state index is 0.129. The lowest BCUT2D eigenvalue weighted by atomic mass is 9.96. The summed E-state index contributed by atoms with van der Waals surface area (Å²) in [6.07, 6.45) is 1.70. The quantitative estimate of drug-likeness (QED) is 0.635. The smallest absolute Gasteiger partial charge is 0.338 e. The van der Waals surface area contributed by atoms with E-state index in [0.717, 1.165) is 5.56 Å². The van der Waals surface area contributed by atoms with Crippen molar-refractivity contribution in [3.63, 3.8) is 0 Å². The van der Waals surface area contributed by atoms with Crippen molar-refractivity contribution in [3.05, 3.63) is 96.4 Å². The number of halogens is 1. The SMILES string of the molecule is CCOC(=O)C1=C(C)N=c2sc(=Cc3ccc(O)cc3)c(=O)n2[C@@H]1c1ccc(F)cc1. The molecule has 1 atom stereocenters. The number of fused-ring (bicyclic) bond motifs is 1. The van der Waals surface area contributed by atoms with Crippen LogP contribution in [0.5, 0.6) is 5.75 Å². The van der Waals surface area contributed by atoms with Crippen molar-refractivity contribution in [2.45, 2.75) is 19.9 Å². The molecule has 0 unspecified atom stereocenters. The van der Waals surface area contributed by atoms with E-state index in [-0.39, 0.29) is 23.5 Å². The van der Waals surface area contributed by atoms with Gasteiger partial charge in [-0.25, -0.2) is 14.2 Å². The third-order valence-corrected chi connectivity index (χ3v) is 5.88. The summed E-state index contributed by atoms with van der Waals surface area (Å²) in [5.41, 5.74) is 1.70. The Morgan fingerprint density at radius 3 is 2.55 bits per heavy atom. The summed E-state index contributed by atoms with van der Waals surface area (Å²) in [6.45, 7) is 3.57. The van der Waals surface area contributed by atoms with Crippen molar-refractivity contribution >= 4 is 23.4 Å². The lowest BCUT2D eigenvalue weighted by Crippen LogP contribution is -2.39. The van der Waals surface area contributed by atoms with Crippen LogP contribution < -0.4 is 14.9 Å². The number of rotatable bonds is 4. The van der Waals surface area contributed by atoms with Gasteiger partial charge in [-0.3, -0.25) is 9.36 Å². The number of aromatic nitrogens is 1. The van der Waals surface area contributed by atoms with Crippen LogP contribution in [0.15, 0.2) is 69.6 Å². The minimum atomic E-state index is -0.780. The molecule has 31 heavy (non-hydrogen) atoms. The Hall–Kier alpha value is -3.52. The van der Waals surface area contributed by atoms with Crippen molar-refractivity contribution in [2.75, 3.05) is 6.61 Å². The molecular weight excluding hydrogens is 419 g/mol. The van der Waals surface area contributed by atoms with E-state index in [1.807, 2.05) is 0 Å². The zero-order valence-corrected chi connectivity index (χ0v) is 17.6. The second kappa shape index (κ2) is 8.31. The molecule has 3 aromatic rings. The first-order valence-electron chi connectivity index (χ1n) is 9.63. The molecule has 0 bridgehead atoms. The summed E-state index contributed by atoms with van der Waals surface area (Å²) in [7, 11) is 0. The van der Waals surface area contributed by atoms with E-state index in [0.29, 0.717) is 20.6 Å². The highest BCUT2D eigenvalue weighted by Gasteiger charge is 2.33. The number of phenols is 1. The molecule has 1 aliphatic heterocycles. The van der Waals surface area contributed by atoms with Gasteiger partial charge < -0.3 is 9.84 Å². The highest BCUT2D eigenvalue weighted by molar-refractivity contribution is 7.07. The number of allylic oxidation sites excluding steroid dienone is 1. The van der Waals surface area contributed by atoms with Crippen LogP contribution >= 0.6 is 11.3 Å². The summed E-state index contributed by atoms with van der Waals surface area (Å²) >= 11 is 1.20. The first-order chi connectivity index (χ1) is 14.9. The third-order valence-electron chi connectivity index (χ3n) is 4.89. The predicted octanol–water partition coefficient (Wildman–Crippen LogP) is 2.64. The molecule has 0 fully saturated rings. The average Bonchev–Trinajstić information content (AvgIpc) is 3.04. The molecule has 2 heterocycles. The molecule has 1 N–H and O–H groups in total. The van der Waals surface area contributed by atoms with Crippen LogP contribution in [0, 0.1) is 5.82 Å². The van der Waals surface area contributed by atoms with E-state index in [1.165, 1.54) is 40.2 Å². The molecule has 0 saturated heterocycles. The molecule has 0 amide bonds. The Balaban J connectivity index is 1.94. The Kier molecular flexibility index (Phi) is 5.56. The van der Waals surface area contributed by atoms with Gasteiger partial charge in [0.05, 0.1) is 28.5 Å². The Morgan fingerprint density at radius 1 is 1.23 bits per heavy atom.